The molecule has 0 bridgehead atoms. The number of amides is 2. The van der Waals surface area contributed by atoms with Crippen LogP contribution in [-0.4, -0.2) is 11.1 Å². The zero-order chi connectivity index (χ0) is 13.4. The second-order valence-corrected chi connectivity index (χ2v) is 5.16. The summed E-state index contributed by atoms with van der Waals surface area (Å²) in [6.45, 7) is 1.99. The first-order valence-corrected chi connectivity index (χ1v) is 6.76. The zero-order valence-electron chi connectivity index (χ0n) is 10.2. The van der Waals surface area contributed by atoms with Gasteiger partial charge in [-0.1, -0.05) is 25.1 Å². The molecule has 1 aromatic heterocycles. The summed E-state index contributed by atoms with van der Waals surface area (Å²) in [6, 6.07) is 7.67. The molecule has 1 N–H and O–H groups in total. The van der Waals surface area contributed by atoms with Crippen LogP contribution in [0.15, 0.2) is 33.6 Å². The van der Waals surface area contributed by atoms with Crippen molar-refractivity contribution < 1.29 is 14.0 Å². The van der Waals surface area contributed by atoms with Crippen LogP contribution >= 0.6 is 11.8 Å². The smallest absolute Gasteiger partial charge is 0.290 e. The number of nitrogens with one attached hydrogen (secondary N) is 1. The van der Waals surface area contributed by atoms with Gasteiger partial charge in [0.05, 0.1) is 4.91 Å². The Balaban J connectivity index is 2.17. The fourth-order valence-corrected chi connectivity index (χ4v) is 2.75. The molecule has 1 fully saturated rings. The van der Waals surface area contributed by atoms with Crippen molar-refractivity contribution in [1.29, 1.82) is 0 Å². The highest BCUT2D eigenvalue weighted by atomic mass is 32.2. The van der Waals surface area contributed by atoms with Gasteiger partial charge in [0.15, 0.2) is 0 Å². The number of furan rings is 1. The molecule has 2 aromatic rings. The number of hydrogen-bond donors (Lipinski definition) is 1. The molecule has 0 saturated carbocycles. The first-order valence-electron chi connectivity index (χ1n) is 5.94. The normalized spacial score (nSPS) is 17.4. The Labute approximate surface area is 113 Å². The largest absolute Gasteiger partial charge is 0.460 e. The summed E-state index contributed by atoms with van der Waals surface area (Å²) in [7, 11) is 0. The minimum atomic E-state index is -0.345. The summed E-state index contributed by atoms with van der Waals surface area (Å²) in [5.41, 5.74) is 1.67. The molecule has 19 heavy (non-hydrogen) atoms. The molecule has 1 aliphatic rings. The molecule has 0 radical (unpaired) electrons. The number of benzene rings is 1. The fourth-order valence-electron chi connectivity index (χ4n) is 2.09. The lowest BCUT2D eigenvalue weighted by molar-refractivity contribution is -0.115. The Kier molecular flexibility index (Phi) is 2.91. The van der Waals surface area contributed by atoms with Crippen LogP contribution in [-0.2, 0) is 11.2 Å². The van der Waals surface area contributed by atoms with Gasteiger partial charge >= 0.3 is 0 Å². The summed E-state index contributed by atoms with van der Waals surface area (Å²) in [5, 5.41) is 2.88. The van der Waals surface area contributed by atoms with E-state index in [2.05, 4.69) is 5.32 Å². The molecule has 0 unspecified atom stereocenters. The number of thioether (sulfide) groups is 1. The molecule has 0 atom stereocenters. The summed E-state index contributed by atoms with van der Waals surface area (Å²) in [6.07, 6.45) is 2.46. The van der Waals surface area contributed by atoms with Crippen molar-refractivity contribution in [3.05, 3.63) is 40.5 Å². The van der Waals surface area contributed by atoms with Gasteiger partial charge in [-0.3, -0.25) is 14.9 Å². The van der Waals surface area contributed by atoms with Crippen LogP contribution in [0.1, 0.15) is 18.2 Å². The topological polar surface area (TPSA) is 59.3 Å². The highest BCUT2D eigenvalue weighted by molar-refractivity contribution is 8.18. The van der Waals surface area contributed by atoms with Crippen molar-refractivity contribution in [3.63, 3.8) is 0 Å². The number of rotatable bonds is 2. The highest BCUT2D eigenvalue weighted by Gasteiger charge is 2.26. The molecule has 2 amide bonds. The quantitative estimate of drug-likeness (QED) is 0.853. The second-order valence-electron chi connectivity index (χ2n) is 4.14. The predicted molar refractivity (Wildman–Crippen MR) is 74.7 cm³/mol. The van der Waals surface area contributed by atoms with Gasteiger partial charge in [0, 0.05) is 17.4 Å². The van der Waals surface area contributed by atoms with Crippen LogP contribution in [0.25, 0.3) is 17.0 Å². The Morgan fingerprint density at radius 1 is 1.32 bits per heavy atom. The number of imide groups is 1. The first-order chi connectivity index (χ1) is 9.19. The van der Waals surface area contributed by atoms with Gasteiger partial charge < -0.3 is 4.42 Å². The number of para-hydroxylation sites is 1. The van der Waals surface area contributed by atoms with Crippen LogP contribution in [0.2, 0.25) is 0 Å². The zero-order valence-corrected chi connectivity index (χ0v) is 11.0. The minimum absolute atomic E-state index is 0.331. The molecule has 0 aliphatic carbocycles. The summed E-state index contributed by atoms with van der Waals surface area (Å²) in [5.74, 6) is 0.476. The molecule has 4 nitrogen and oxygen atoms in total. The first kappa shape index (κ1) is 12.0. The monoisotopic (exact) mass is 273 g/mol. The third-order valence-electron chi connectivity index (χ3n) is 2.95. The number of carbonyl (C=O) groups excluding carboxylic acids is 2. The lowest BCUT2D eigenvalue weighted by Crippen LogP contribution is -2.17. The predicted octanol–water partition coefficient (Wildman–Crippen LogP) is 3.32. The third-order valence-corrected chi connectivity index (χ3v) is 3.76. The van der Waals surface area contributed by atoms with E-state index in [1.165, 1.54) is 0 Å². The Bertz CT molecular complexity index is 715. The summed E-state index contributed by atoms with van der Waals surface area (Å²) >= 11 is 0.920. The van der Waals surface area contributed by atoms with E-state index in [9.17, 15) is 9.59 Å². The van der Waals surface area contributed by atoms with E-state index in [1.807, 2.05) is 31.2 Å². The van der Waals surface area contributed by atoms with E-state index >= 15 is 0 Å². The van der Waals surface area contributed by atoms with E-state index in [-0.39, 0.29) is 11.1 Å². The second kappa shape index (κ2) is 4.59. The Morgan fingerprint density at radius 2 is 2.11 bits per heavy atom. The number of carbonyl (C=O) groups is 2. The van der Waals surface area contributed by atoms with E-state index < -0.39 is 0 Å². The average molecular weight is 273 g/mol. The van der Waals surface area contributed by atoms with Gasteiger partial charge in [-0.05, 0) is 23.9 Å². The van der Waals surface area contributed by atoms with Crippen LogP contribution in [0.4, 0.5) is 4.79 Å². The van der Waals surface area contributed by atoms with Crippen molar-refractivity contribution in [2.45, 2.75) is 13.3 Å². The van der Waals surface area contributed by atoms with Gasteiger partial charge in [0.2, 0.25) is 0 Å². The van der Waals surface area contributed by atoms with Crippen molar-refractivity contribution in [2.24, 2.45) is 0 Å². The molecule has 0 spiro atoms. The molecule has 5 heteroatoms. The van der Waals surface area contributed by atoms with Crippen molar-refractivity contribution >= 4 is 40.0 Å². The average Bonchev–Trinajstić information content (AvgIpc) is 2.91. The van der Waals surface area contributed by atoms with Crippen molar-refractivity contribution in [3.8, 4) is 0 Å². The maximum Gasteiger partial charge on any atom is 0.290 e. The summed E-state index contributed by atoms with van der Waals surface area (Å²) < 4.78 is 5.75. The molecule has 1 aliphatic heterocycles. The third kappa shape index (κ3) is 2.06. The molecular formula is C14H11NO3S. The van der Waals surface area contributed by atoms with Crippen LogP contribution in [0.5, 0.6) is 0 Å². The van der Waals surface area contributed by atoms with E-state index in [4.69, 9.17) is 4.42 Å². The van der Waals surface area contributed by atoms with Gasteiger partial charge in [0.25, 0.3) is 11.1 Å². The lowest BCUT2D eigenvalue weighted by Gasteiger charge is -1.95. The van der Waals surface area contributed by atoms with Crippen molar-refractivity contribution in [1.82, 2.24) is 5.32 Å². The standard InChI is InChI=1S/C14H11NO3S/c1-2-10-9(7-12-13(16)15-14(17)19-12)8-5-3-4-6-11(8)18-10/h3-7H,2H2,1H3,(H,15,16,17)/b12-7-. The molecule has 1 saturated heterocycles. The number of aryl methyl sites for hydroxylation is 1. The Morgan fingerprint density at radius 3 is 2.79 bits per heavy atom. The molecular weight excluding hydrogens is 262 g/mol. The summed E-state index contributed by atoms with van der Waals surface area (Å²) in [4.78, 5) is 23.2. The van der Waals surface area contributed by atoms with Gasteiger partial charge in [-0.2, -0.15) is 0 Å². The van der Waals surface area contributed by atoms with Crippen LogP contribution in [0, 0.1) is 0 Å². The maximum absolute atomic E-state index is 11.6. The number of fused-ring (bicyclic) bond motifs is 1. The highest BCUT2D eigenvalue weighted by Crippen LogP contribution is 2.32. The molecule has 1 aromatic carbocycles. The van der Waals surface area contributed by atoms with Gasteiger partial charge in [-0.15, -0.1) is 0 Å². The lowest BCUT2D eigenvalue weighted by atomic mass is 10.1. The van der Waals surface area contributed by atoms with Gasteiger partial charge in [0.1, 0.15) is 11.3 Å². The van der Waals surface area contributed by atoms with E-state index in [0.29, 0.717) is 4.91 Å². The van der Waals surface area contributed by atoms with E-state index in [1.54, 1.807) is 6.08 Å². The fraction of sp³-hybridized carbons (Fsp3) is 0.143. The van der Waals surface area contributed by atoms with Gasteiger partial charge in [-0.25, -0.2) is 0 Å². The molecule has 96 valence electrons. The number of hydrogen-bond acceptors (Lipinski definition) is 4. The Hall–Kier alpha value is -2.01. The minimum Gasteiger partial charge on any atom is -0.460 e. The molecule has 2 heterocycles. The van der Waals surface area contributed by atoms with Crippen LogP contribution in [0.3, 0.4) is 0 Å². The maximum atomic E-state index is 11.6. The SMILES string of the molecule is CCc1oc2ccccc2c1/C=C1\SC(=O)NC1=O. The van der Waals surface area contributed by atoms with Crippen LogP contribution < -0.4 is 5.32 Å². The molecule has 3 rings (SSSR count). The van der Waals surface area contributed by atoms with Crippen molar-refractivity contribution in [2.75, 3.05) is 0 Å². The van der Waals surface area contributed by atoms with E-state index in [0.717, 1.165) is 40.5 Å².